The third-order valence-corrected chi connectivity index (χ3v) is 4.32. The third-order valence-electron chi connectivity index (χ3n) is 3.97. The molecule has 1 aliphatic heterocycles. The summed E-state index contributed by atoms with van der Waals surface area (Å²) in [4.78, 5) is 0. The Kier molecular flexibility index (Phi) is 7.28. The number of dihydropyridines is 1. The van der Waals surface area contributed by atoms with E-state index in [0.717, 1.165) is 0 Å². The van der Waals surface area contributed by atoms with Gasteiger partial charge in [0.05, 0.1) is 24.8 Å². The normalized spacial score (nSPS) is 19.2. The Labute approximate surface area is 152 Å². The molecular weight excluding hydrogens is 344 g/mol. The highest BCUT2D eigenvalue weighted by molar-refractivity contribution is 6.31. The van der Waals surface area contributed by atoms with Crippen LogP contribution in [0.4, 0.5) is 0 Å². The van der Waals surface area contributed by atoms with Gasteiger partial charge in [-0.1, -0.05) is 29.8 Å². The highest BCUT2D eigenvalue weighted by Gasteiger charge is 2.35. The van der Waals surface area contributed by atoms with Gasteiger partial charge in [-0.25, -0.2) is 0 Å². The first-order valence-corrected chi connectivity index (χ1v) is 8.60. The molecule has 2 rings (SSSR count). The van der Waals surface area contributed by atoms with Gasteiger partial charge in [-0.15, -0.1) is 0 Å². The molecule has 0 bridgehead atoms. The van der Waals surface area contributed by atoms with Gasteiger partial charge >= 0.3 is 0 Å². The van der Waals surface area contributed by atoms with Crippen molar-refractivity contribution >= 4 is 11.6 Å². The van der Waals surface area contributed by atoms with Gasteiger partial charge in [-0.3, -0.25) is 0 Å². The maximum absolute atomic E-state index is 10.7. The molecular formula is C18H25ClN2O4. The lowest BCUT2D eigenvalue weighted by Gasteiger charge is -2.33. The highest BCUT2D eigenvalue weighted by atomic mass is 35.5. The number of hydrogen-bond donors (Lipinski definition) is 4. The van der Waals surface area contributed by atoms with E-state index < -0.39 is 12.2 Å². The van der Waals surface area contributed by atoms with Gasteiger partial charge < -0.3 is 30.7 Å². The van der Waals surface area contributed by atoms with Gasteiger partial charge in [-0.05, 0) is 25.5 Å². The molecule has 6 nitrogen and oxygen atoms in total. The van der Waals surface area contributed by atoms with Crippen LogP contribution >= 0.6 is 11.6 Å². The van der Waals surface area contributed by atoms with Crippen LogP contribution in [-0.4, -0.2) is 42.9 Å². The molecule has 0 aromatic heterocycles. The highest BCUT2D eigenvalue weighted by Crippen LogP contribution is 2.41. The molecule has 138 valence electrons. The topological polar surface area (TPSA) is 97.0 Å². The smallest absolute Gasteiger partial charge is 0.180 e. The molecule has 7 heteroatoms. The fourth-order valence-corrected chi connectivity index (χ4v) is 3.09. The molecule has 0 radical (unpaired) electrons. The molecule has 1 aromatic carbocycles. The van der Waals surface area contributed by atoms with Crippen LogP contribution in [0.1, 0.15) is 25.3 Å². The van der Waals surface area contributed by atoms with Crippen molar-refractivity contribution in [3.8, 4) is 0 Å². The Hall–Kier alpha value is -1.57. The number of allylic oxidation sites excluding steroid dienone is 2. The summed E-state index contributed by atoms with van der Waals surface area (Å²) in [5, 5.41) is 24.8. The van der Waals surface area contributed by atoms with Crippen molar-refractivity contribution in [1.82, 2.24) is 5.32 Å². The minimum atomic E-state index is -1.20. The molecule has 1 aromatic rings. The fourth-order valence-electron chi connectivity index (χ4n) is 2.84. The van der Waals surface area contributed by atoms with Crippen molar-refractivity contribution in [1.29, 1.82) is 0 Å². The maximum Gasteiger partial charge on any atom is 0.180 e. The summed E-state index contributed by atoms with van der Waals surface area (Å²) in [5.74, 6) is -0.530. The summed E-state index contributed by atoms with van der Waals surface area (Å²) < 4.78 is 10.9. The second kappa shape index (κ2) is 9.22. The van der Waals surface area contributed by atoms with Crippen LogP contribution in [0.25, 0.3) is 0 Å². The van der Waals surface area contributed by atoms with Crippen molar-refractivity contribution in [3.63, 3.8) is 0 Å². The van der Waals surface area contributed by atoms with Crippen LogP contribution in [-0.2, 0) is 9.47 Å². The number of aliphatic hydroxyl groups excluding tert-OH is 2. The number of hydrogen-bond acceptors (Lipinski definition) is 6. The third kappa shape index (κ3) is 4.54. The molecule has 1 aliphatic rings. The van der Waals surface area contributed by atoms with E-state index in [0.29, 0.717) is 47.3 Å². The first-order valence-electron chi connectivity index (χ1n) is 8.22. The number of benzene rings is 1. The van der Waals surface area contributed by atoms with Crippen LogP contribution in [0, 0.1) is 0 Å². The van der Waals surface area contributed by atoms with Crippen molar-refractivity contribution in [2.45, 2.75) is 26.1 Å². The molecule has 0 amide bonds. The Balaban J connectivity index is 2.52. The number of ether oxygens (including phenoxy) is 2. The van der Waals surface area contributed by atoms with Gasteiger partial charge in [0.15, 0.2) is 6.29 Å². The largest absolute Gasteiger partial charge is 0.510 e. The van der Waals surface area contributed by atoms with Crippen LogP contribution in [0.5, 0.6) is 0 Å². The average Bonchev–Trinajstić information content (AvgIpc) is 2.58. The lowest BCUT2D eigenvalue weighted by molar-refractivity contribution is -0.0722. The minimum Gasteiger partial charge on any atom is -0.510 e. The number of rotatable bonds is 8. The maximum atomic E-state index is 10.7. The van der Waals surface area contributed by atoms with Gasteiger partial charge in [0.25, 0.3) is 0 Å². The van der Waals surface area contributed by atoms with E-state index >= 15 is 0 Å². The van der Waals surface area contributed by atoms with E-state index in [1.807, 2.05) is 18.2 Å². The van der Waals surface area contributed by atoms with E-state index in [1.165, 1.54) is 0 Å². The molecule has 2 unspecified atom stereocenters. The zero-order valence-corrected chi connectivity index (χ0v) is 15.2. The van der Waals surface area contributed by atoms with Crippen molar-refractivity contribution in [2.75, 3.05) is 26.4 Å². The molecule has 2 atom stereocenters. The average molecular weight is 369 g/mol. The summed E-state index contributed by atoms with van der Waals surface area (Å²) in [6, 6.07) is 7.21. The Bertz CT molecular complexity index is 660. The van der Waals surface area contributed by atoms with Gasteiger partial charge in [-0.2, -0.15) is 0 Å². The number of nitrogens with two attached hydrogens (primary N) is 1. The molecule has 1 heterocycles. The quantitative estimate of drug-likeness (QED) is 0.415. The molecule has 0 saturated carbocycles. The summed E-state index contributed by atoms with van der Waals surface area (Å²) in [6.07, 6.45) is -1.20. The zero-order valence-electron chi connectivity index (χ0n) is 14.5. The monoisotopic (exact) mass is 368 g/mol. The lowest BCUT2D eigenvalue weighted by Crippen LogP contribution is -2.34. The summed E-state index contributed by atoms with van der Waals surface area (Å²) in [6.45, 7) is 4.85. The summed E-state index contributed by atoms with van der Waals surface area (Å²) in [5.41, 5.74) is 7.85. The zero-order chi connectivity index (χ0) is 18.4. The summed E-state index contributed by atoms with van der Waals surface area (Å²) >= 11 is 6.35. The summed E-state index contributed by atoms with van der Waals surface area (Å²) in [7, 11) is 0. The van der Waals surface area contributed by atoms with E-state index in [-0.39, 0.29) is 12.4 Å². The minimum absolute atomic E-state index is 0.0874. The Morgan fingerprint density at radius 3 is 2.72 bits per heavy atom. The van der Waals surface area contributed by atoms with Crippen molar-refractivity contribution < 1.29 is 19.7 Å². The molecule has 0 fully saturated rings. The molecule has 0 aliphatic carbocycles. The predicted molar refractivity (Wildman–Crippen MR) is 97.2 cm³/mol. The first kappa shape index (κ1) is 19.8. The van der Waals surface area contributed by atoms with Crippen molar-refractivity contribution in [2.24, 2.45) is 5.73 Å². The lowest BCUT2D eigenvalue weighted by atomic mass is 9.84. The van der Waals surface area contributed by atoms with E-state index in [4.69, 9.17) is 26.8 Å². The molecule has 0 spiro atoms. The van der Waals surface area contributed by atoms with Crippen molar-refractivity contribution in [3.05, 3.63) is 57.6 Å². The number of nitrogens with one attached hydrogen (secondary N) is 1. The SMILES string of the molecule is CCOC(O)C1=C(COCCN)NC(C)=C(O)C1c1ccccc1Cl. The standard InChI is InChI=1S/C18H25ClN2O4/c1-3-25-18(23)16-14(10-24-9-8-20)21-11(2)17(22)15(16)12-6-4-5-7-13(12)19/h4-7,15,18,21-23H,3,8-10,20H2,1-2H3. The van der Waals surface area contributed by atoms with Crippen LogP contribution in [0.3, 0.4) is 0 Å². The van der Waals surface area contributed by atoms with Crippen LogP contribution < -0.4 is 11.1 Å². The van der Waals surface area contributed by atoms with Gasteiger partial charge in [0.1, 0.15) is 5.76 Å². The van der Waals surface area contributed by atoms with Crippen LogP contribution in [0.2, 0.25) is 5.02 Å². The molecule has 5 N–H and O–H groups in total. The van der Waals surface area contributed by atoms with Gasteiger partial charge in [0, 0.05) is 29.4 Å². The van der Waals surface area contributed by atoms with E-state index in [9.17, 15) is 10.2 Å². The predicted octanol–water partition coefficient (Wildman–Crippen LogP) is 2.40. The van der Waals surface area contributed by atoms with Gasteiger partial charge in [0.2, 0.25) is 0 Å². The molecule has 0 saturated heterocycles. The Morgan fingerprint density at radius 2 is 2.08 bits per heavy atom. The Morgan fingerprint density at radius 1 is 1.36 bits per heavy atom. The fraction of sp³-hybridized carbons (Fsp3) is 0.444. The van der Waals surface area contributed by atoms with E-state index in [1.54, 1.807) is 19.9 Å². The first-order chi connectivity index (χ1) is 12.0. The van der Waals surface area contributed by atoms with Crippen LogP contribution in [0.15, 0.2) is 47.0 Å². The molecule has 25 heavy (non-hydrogen) atoms. The number of aliphatic hydroxyl groups is 2. The second-order valence-electron chi connectivity index (χ2n) is 5.67. The second-order valence-corrected chi connectivity index (χ2v) is 6.08. The van der Waals surface area contributed by atoms with E-state index in [2.05, 4.69) is 5.32 Å². The number of halogens is 1.